The van der Waals surface area contributed by atoms with Crippen LogP contribution in [0.3, 0.4) is 0 Å². The molecular formula is C11H16N4O4. The van der Waals surface area contributed by atoms with Crippen LogP contribution in [0.5, 0.6) is 0 Å². The van der Waals surface area contributed by atoms with Crippen molar-refractivity contribution >= 4 is 12.0 Å². The molecular weight excluding hydrogens is 252 g/mol. The van der Waals surface area contributed by atoms with E-state index in [1.807, 2.05) is 6.92 Å². The van der Waals surface area contributed by atoms with Gasteiger partial charge in [-0.3, -0.25) is 5.10 Å². The second-order valence-corrected chi connectivity index (χ2v) is 4.57. The van der Waals surface area contributed by atoms with Crippen molar-refractivity contribution in [3.05, 3.63) is 17.5 Å². The van der Waals surface area contributed by atoms with Gasteiger partial charge in [-0.15, -0.1) is 0 Å². The second-order valence-electron chi connectivity index (χ2n) is 4.57. The van der Waals surface area contributed by atoms with E-state index < -0.39 is 24.1 Å². The molecule has 1 aliphatic rings. The van der Waals surface area contributed by atoms with Gasteiger partial charge in [0.1, 0.15) is 6.04 Å². The maximum atomic E-state index is 11.9. The number of amides is 2. The molecule has 19 heavy (non-hydrogen) atoms. The van der Waals surface area contributed by atoms with Gasteiger partial charge in [-0.2, -0.15) is 5.10 Å². The zero-order valence-electron chi connectivity index (χ0n) is 10.5. The Bertz CT molecular complexity index is 487. The SMILES string of the molecule is Cc1[nH]ncc1CNC(=O)N1CC(O)CC1C(=O)O. The monoisotopic (exact) mass is 268 g/mol. The molecule has 4 N–H and O–H groups in total. The second kappa shape index (κ2) is 5.27. The Morgan fingerprint density at radius 1 is 1.63 bits per heavy atom. The molecule has 2 amide bonds. The van der Waals surface area contributed by atoms with Gasteiger partial charge in [-0.25, -0.2) is 9.59 Å². The van der Waals surface area contributed by atoms with Crippen LogP contribution in [0, 0.1) is 6.92 Å². The predicted octanol–water partition coefficient (Wildman–Crippen LogP) is -0.552. The number of aromatic amines is 1. The molecule has 2 rings (SSSR count). The fourth-order valence-corrected chi connectivity index (χ4v) is 2.10. The summed E-state index contributed by atoms with van der Waals surface area (Å²) >= 11 is 0. The van der Waals surface area contributed by atoms with Gasteiger partial charge in [0, 0.05) is 30.8 Å². The number of urea groups is 1. The zero-order chi connectivity index (χ0) is 14.0. The van der Waals surface area contributed by atoms with Crippen LogP contribution >= 0.6 is 0 Å². The number of aryl methyl sites for hydroxylation is 1. The van der Waals surface area contributed by atoms with Crippen molar-refractivity contribution in [1.29, 1.82) is 0 Å². The van der Waals surface area contributed by atoms with Crippen LogP contribution in [0.1, 0.15) is 17.7 Å². The fraction of sp³-hybridized carbons (Fsp3) is 0.545. The number of hydrogen-bond donors (Lipinski definition) is 4. The number of H-pyrrole nitrogens is 1. The van der Waals surface area contributed by atoms with Gasteiger partial charge in [0.2, 0.25) is 0 Å². The summed E-state index contributed by atoms with van der Waals surface area (Å²) in [7, 11) is 0. The minimum atomic E-state index is -1.11. The van der Waals surface area contributed by atoms with Crippen LogP contribution < -0.4 is 5.32 Å². The summed E-state index contributed by atoms with van der Waals surface area (Å²) in [6.07, 6.45) is 0.874. The number of rotatable bonds is 3. The van der Waals surface area contributed by atoms with E-state index in [1.54, 1.807) is 6.20 Å². The van der Waals surface area contributed by atoms with Gasteiger partial charge in [0.05, 0.1) is 12.3 Å². The lowest BCUT2D eigenvalue weighted by atomic mass is 10.2. The van der Waals surface area contributed by atoms with Crippen LogP contribution in [0.2, 0.25) is 0 Å². The molecule has 2 heterocycles. The molecule has 8 heteroatoms. The van der Waals surface area contributed by atoms with Crippen LogP contribution in [0.25, 0.3) is 0 Å². The summed E-state index contributed by atoms with van der Waals surface area (Å²) in [5.74, 6) is -1.11. The molecule has 0 aliphatic carbocycles. The van der Waals surface area contributed by atoms with E-state index in [-0.39, 0.29) is 19.5 Å². The van der Waals surface area contributed by atoms with Crippen LogP contribution in [-0.4, -0.2) is 56.0 Å². The lowest BCUT2D eigenvalue weighted by Gasteiger charge is -2.21. The van der Waals surface area contributed by atoms with E-state index in [0.29, 0.717) is 0 Å². The Kier molecular flexibility index (Phi) is 3.70. The lowest BCUT2D eigenvalue weighted by molar-refractivity contribution is -0.141. The van der Waals surface area contributed by atoms with E-state index in [9.17, 15) is 14.7 Å². The van der Waals surface area contributed by atoms with Crippen molar-refractivity contribution in [2.24, 2.45) is 0 Å². The topological polar surface area (TPSA) is 119 Å². The maximum Gasteiger partial charge on any atom is 0.326 e. The normalized spacial score (nSPS) is 22.5. The summed E-state index contributed by atoms with van der Waals surface area (Å²) in [6.45, 7) is 2.13. The summed E-state index contributed by atoms with van der Waals surface area (Å²) in [5.41, 5.74) is 1.68. The summed E-state index contributed by atoms with van der Waals surface area (Å²) in [6, 6.07) is -1.47. The summed E-state index contributed by atoms with van der Waals surface area (Å²) in [4.78, 5) is 24.1. The van der Waals surface area contributed by atoms with E-state index >= 15 is 0 Å². The number of carboxylic acids is 1. The number of hydrogen-bond acceptors (Lipinski definition) is 4. The average Bonchev–Trinajstić information content (AvgIpc) is 2.92. The first kappa shape index (κ1) is 13.3. The first-order valence-corrected chi connectivity index (χ1v) is 5.93. The van der Waals surface area contributed by atoms with Crippen molar-refractivity contribution in [3.63, 3.8) is 0 Å². The Morgan fingerprint density at radius 3 is 2.95 bits per heavy atom. The van der Waals surface area contributed by atoms with Gasteiger partial charge in [0.15, 0.2) is 0 Å². The molecule has 0 aromatic carbocycles. The highest BCUT2D eigenvalue weighted by Gasteiger charge is 2.38. The molecule has 2 atom stereocenters. The quantitative estimate of drug-likeness (QED) is 0.586. The minimum absolute atomic E-state index is 0.0349. The predicted molar refractivity (Wildman–Crippen MR) is 64.3 cm³/mol. The molecule has 0 saturated carbocycles. The number of carboxylic acid groups (broad SMARTS) is 1. The molecule has 8 nitrogen and oxygen atoms in total. The molecule has 0 spiro atoms. The fourth-order valence-electron chi connectivity index (χ4n) is 2.10. The highest BCUT2D eigenvalue weighted by atomic mass is 16.4. The van der Waals surface area contributed by atoms with Crippen molar-refractivity contribution in [1.82, 2.24) is 20.4 Å². The number of nitrogens with one attached hydrogen (secondary N) is 2. The van der Waals surface area contributed by atoms with Crippen molar-refractivity contribution in [2.45, 2.75) is 32.0 Å². The van der Waals surface area contributed by atoms with E-state index in [0.717, 1.165) is 16.2 Å². The third-order valence-corrected chi connectivity index (χ3v) is 3.19. The Morgan fingerprint density at radius 2 is 2.37 bits per heavy atom. The number of aliphatic hydroxyl groups excluding tert-OH is 1. The smallest absolute Gasteiger partial charge is 0.326 e. The van der Waals surface area contributed by atoms with E-state index in [4.69, 9.17) is 5.11 Å². The number of likely N-dealkylation sites (tertiary alicyclic amines) is 1. The summed E-state index contributed by atoms with van der Waals surface area (Å²) < 4.78 is 0. The third kappa shape index (κ3) is 2.84. The van der Waals surface area contributed by atoms with Gasteiger partial charge in [0.25, 0.3) is 0 Å². The molecule has 0 bridgehead atoms. The molecule has 1 aromatic heterocycles. The standard InChI is InChI=1S/C11H16N4O4/c1-6-7(4-13-14-6)3-12-11(19)15-5-8(16)2-9(15)10(17)18/h4,8-9,16H,2-3,5H2,1H3,(H,12,19)(H,13,14)(H,17,18). The Hall–Kier alpha value is -2.09. The molecule has 2 unspecified atom stereocenters. The number of aliphatic hydroxyl groups is 1. The average molecular weight is 268 g/mol. The van der Waals surface area contributed by atoms with Gasteiger partial charge >= 0.3 is 12.0 Å². The van der Waals surface area contributed by atoms with Gasteiger partial charge in [-0.05, 0) is 6.92 Å². The number of carbonyl (C=O) groups is 2. The Balaban J connectivity index is 1.96. The van der Waals surface area contributed by atoms with E-state index in [1.165, 1.54) is 0 Å². The first-order chi connectivity index (χ1) is 8.99. The molecule has 1 aromatic rings. The summed E-state index contributed by atoms with van der Waals surface area (Å²) in [5, 5.41) is 27.7. The number of aromatic nitrogens is 2. The lowest BCUT2D eigenvalue weighted by Crippen LogP contribution is -2.45. The highest BCUT2D eigenvalue weighted by molar-refractivity contribution is 5.83. The minimum Gasteiger partial charge on any atom is -0.480 e. The first-order valence-electron chi connectivity index (χ1n) is 5.93. The molecule has 104 valence electrons. The number of nitrogens with zero attached hydrogens (tertiary/aromatic N) is 2. The number of aliphatic carboxylic acids is 1. The van der Waals surface area contributed by atoms with Crippen LogP contribution in [-0.2, 0) is 11.3 Å². The number of β-amino-alcohol motifs (C(OH)–C–C–N with tert-alkyl or cyclic N) is 1. The van der Waals surface area contributed by atoms with Crippen molar-refractivity contribution < 1.29 is 19.8 Å². The van der Waals surface area contributed by atoms with Crippen LogP contribution in [0.15, 0.2) is 6.20 Å². The highest BCUT2D eigenvalue weighted by Crippen LogP contribution is 2.18. The number of carbonyl (C=O) groups excluding carboxylic acids is 1. The van der Waals surface area contributed by atoms with Crippen molar-refractivity contribution in [2.75, 3.05) is 6.54 Å². The largest absolute Gasteiger partial charge is 0.480 e. The van der Waals surface area contributed by atoms with E-state index in [2.05, 4.69) is 15.5 Å². The maximum absolute atomic E-state index is 11.9. The molecule has 1 saturated heterocycles. The molecule has 1 fully saturated rings. The zero-order valence-corrected chi connectivity index (χ0v) is 10.5. The third-order valence-electron chi connectivity index (χ3n) is 3.19. The van der Waals surface area contributed by atoms with Gasteiger partial charge < -0.3 is 20.4 Å². The Labute approximate surface area is 109 Å². The molecule has 1 aliphatic heterocycles. The van der Waals surface area contributed by atoms with Crippen LogP contribution in [0.4, 0.5) is 4.79 Å². The van der Waals surface area contributed by atoms with Crippen molar-refractivity contribution in [3.8, 4) is 0 Å². The molecule has 0 radical (unpaired) electrons. The van der Waals surface area contributed by atoms with Gasteiger partial charge in [-0.1, -0.05) is 0 Å².